The van der Waals surface area contributed by atoms with E-state index in [1.807, 2.05) is 12.1 Å². The molecule has 174 valence electrons. The Bertz CT molecular complexity index is 1330. The number of hydrogen-bond donors (Lipinski definition) is 2. The van der Waals surface area contributed by atoms with Crippen LogP contribution in [0.1, 0.15) is 35.5 Å². The molecular weight excluding hydrogens is 443 g/mol. The van der Waals surface area contributed by atoms with Crippen molar-refractivity contribution in [1.82, 2.24) is 9.55 Å². The number of primary amides is 1. The van der Waals surface area contributed by atoms with Crippen molar-refractivity contribution in [1.29, 1.82) is 0 Å². The quantitative estimate of drug-likeness (QED) is 0.405. The third kappa shape index (κ3) is 4.58. The van der Waals surface area contributed by atoms with Gasteiger partial charge in [0.25, 0.3) is 0 Å². The zero-order valence-electron chi connectivity index (χ0n) is 18.5. The zero-order valence-corrected chi connectivity index (χ0v) is 18.5. The van der Waals surface area contributed by atoms with E-state index in [1.165, 1.54) is 36.6 Å². The molecule has 1 aromatic heterocycles. The minimum Gasteiger partial charge on any atom is -0.384 e. The molecule has 5 nitrogen and oxygen atoms in total. The molecule has 3 aromatic carbocycles. The number of halogens is 3. The Balaban J connectivity index is 1.81. The average molecular weight is 465 g/mol. The highest BCUT2D eigenvalue weighted by Gasteiger charge is 2.35. The van der Waals surface area contributed by atoms with E-state index in [0.717, 1.165) is 17.2 Å². The van der Waals surface area contributed by atoms with Crippen molar-refractivity contribution in [3.8, 4) is 28.2 Å². The van der Waals surface area contributed by atoms with Crippen LogP contribution in [-0.2, 0) is 11.8 Å². The molecule has 0 bridgehead atoms. The first-order valence-electron chi connectivity index (χ1n) is 10.4. The molecule has 0 fully saturated rings. The summed E-state index contributed by atoms with van der Waals surface area (Å²) in [7, 11) is 0. The number of benzene rings is 3. The van der Waals surface area contributed by atoms with Crippen LogP contribution in [0.3, 0.4) is 0 Å². The minimum atomic E-state index is -4.57. The van der Waals surface area contributed by atoms with Crippen LogP contribution in [0.4, 0.5) is 13.2 Å². The lowest BCUT2D eigenvalue weighted by molar-refractivity contribution is -0.137. The van der Waals surface area contributed by atoms with Crippen molar-refractivity contribution in [2.24, 2.45) is 5.73 Å². The van der Waals surface area contributed by atoms with Gasteiger partial charge in [-0.2, -0.15) is 13.2 Å². The predicted octanol–water partition coefficient (Wildman–Crippen LogP) is 5.55. The first kappa shape index (κ1) is 23.3. The third-order valence-electron chi connectivity index (χ3n) is 5.45. The molecule has 0 atom stereocenters. The molecule has 0 saturated heterocycles. The van der Waals surface area contributed by atoms with Gasteiger partial charge in [-0.3, -0.25) is 9.36 Å². The Kier molecular flexibility index (Phi) is 5.79. The summed E-state index contributed by atoms with van der Waals surface area (Å²) in [5.41, 5.74) is 5.94. The third-order valence-corrected chi connectivity index (χ3v) is 5.45. The highest BCUT2D eigenvalue weighted by Crippen LogP contribution is 2.38. The number of amides is 1. The lowest BCUT2D eigenvalue weighted by atomic mass is 10.0. The number of carbonyl (C=O) groups excluding carboxylic acids is 1. The van der Waals surface area contributed by atoms with E-state index in [0.29, 0.717) is 11.3 Å². The smallest absolute Gasteiger partial charge is 0.384 e. The first-order valence-corrected chi connectivity index (χ1v) is 10.4. The number of aromatic nitrogens is 2. The summed E-state index contributed by atoms with van der Waals surface area (Å²) < 4.78 is 42.7. The molecular formula is C26H22F3N3O2. The van der Waals surface area contributed by atoms with Crippen LogP contribution in [0.15, 0.2) is 79.0 Å². The van der Waals surface area contributed by atoms with Gasteiger partial charge in [-0.1, -0.05) is 42.5 Å². The normalized spacial score (nSPS) is 12.1. The van der Waals surface area contributed by atoms with Crippen LogP contribution in [0, 0.1) is 0 Å². The number of nitrogens with zero attached hydrogens (tertiary/aromatic N) is 2. The van der Waals surface area contributed by atoms with Gasteiger partial charge in [-0.15, -0.1) is 0 Å². The summed E-state index contributed by atoms with van der Waals surface area (Å²) in [6.45, 7) is 3.05. The SMILES string of the molecule is CC(C)(O)c1cn(-c2ccc(-c3ccc(C(N)=O)cc3)cc2)c(-c2ccccc2C(F)(F)F)n1. The molecule has 3 N–H and O–H groups in total. The van der Waals surface area contributed by atoms with E-state index >= 15 is 0 Å². The molecule has 0 radical (unpaired) electrons. The van der Waals surface area contributed by atoms with Crippen molar-refractivity contribution < 1.29 is 23.1 Å². The van der Waals surface area contributed by atoms with E-state index in [9.17, 15) is 23.1 Å². The number of rotatable bonds is 5. The molecule has 0 aliphatic carbocycles. The molecule has 0 saturated carbocycles. The second kappa shape index (κ2) is 8.46. The largest absolute Gasteiger partial charge is 0.417 e. The summed E-state index contributed by atoms with van der Waals surface area (Å²) in [4.78, 5) is 15.7. The molecule has 34 heavy (non-hydrogen) atoms. The molecule has 4 rings (SSSR count). The lowest BCUT2D eigenvalue weighted by Crippen LogP contribution is -2.15. The highest BCUT2D eigenvalue weighted by atomic mass is 19.4. The van der Waals surface area contributed by atoms with Gasteiger partial charge in [-0.05, 0) is 55.3 Å². The van der Waals surface area contributed by atoms with Gasteiger partial charge in [0, 0.05) is 23.0 Å². The predicted molar refractivity (Wildman–Crippen MR) is 123 cm³/mol. The Morgan fingerprint density at radius 3 is 2.00 bits per heavy atom. The number of hydrogen-bond acceptors (Lipinski definition) is 3. The van der Waals surface area contributed by atoms with Gasteiger partial charge in [0.1, 0.15) is 11.4 Å². The average Bonchev–Trinajstić information content (AvgIpc) is 3.25. The van der Waals surface area contributed by atoms with Gasteiger partial charge >= 0.3 is 6.18 Å². The highest BCUT2D eigenvalue weighted by molar-refractivity contribution is 5.93. The number of imidazole rings is 1. The molecule has 4 aromatic rings. The van der Waals surface area contributed by atoms with Crippen LogP contribution < -0.4 is 5.73 Å². The fourth-order valence-corrected chi connectivity index (χ4v) is 3.63. The van der Waals surface area contributed by atoms with Gasteiger partial charge in [0.2, 0.25) is 5.91 Å². The summed E-state index contributed by atoms with van der Waals surface area (Å²) in [5.74, 6) is -0.445. The van der Waals surface area contributed by atoms with Crippen LogP contribution in [0.5, 0.6) is 0 Å². The van der Waals surface area contributed by atoms with Crippen LogP contribution >= 0.6 is 0 Å². The van der Waals surface area contributed by atoms with Crippen molar-refractivity contribution in [2.45, 2.75) is 25.6 Å². The summed E-state index contributed by atoms with van der Waals surface area (Å²) in [6.07, 6.45) is -3.03. The van der Waals surface area contributed by atoms with Gasteiger partial charge in [0.05, 0.1) is 11.3 Å². The van der Waals surface area contributed by atoms with E-state index in [4.69, 9.17) is 5.73 Å². The fourth-order valence-electron chi connectivity index (χ4n) is 3.63. The minimum absolute atomic E-state index is 0.0728. The number of alkyl halides is 3. The first-order chi connectivity index (χ1) is 15.9. The Morgan fingerprint density at radius 1 is 0.912 bits per heavy atom. The Labute approximate surface area is 194 Å². The van der Waals surface area contributed by atoms with Gasteiger partial charge in [-0.25, -0.2) is 4.98 Å². The standard InChI is InChI=1S/C26H22F3N3O2/c1-25(2,34)22-15-32(24(31-22)20-5-3-4-6-21(20)26(27,28)29)19-13-11-17(12-14-19)16-7-9-18(10-8-16)23(30)33/h3-15,34H,1-2H3,(H2,30,33). The molecule has 0 aliphatic rings. The summed E-state index contributed by atoms with van der Waals surface area (Å²) >= 11 is 0. The van der Waals surface area contributed by atoms with Crippen molar-refractivity contribution >= 4 is 5.91 Å². The molecule has 0 spiro atoms. The topological polar surface area (TPSA) is 81.1 Å². The van der Waals surface area contributed by atoms with Crippen LogP contribution in [0.25, 0.3) is 28.2 Å². The second-order valence-corrected chi connectivity index (χ2v) is 8.41. The summed E-state index contributed by atoms with van der Waals surface area (Å²) in [6, 6.07) is 19.2. The number of nitrogens with two attached hydrogens (primary N) is 1. The Morgan fingerprint density at radius 2 is 1.47 bits per heavy atom. The van der Waals surface area contributed by atoms with Gasteiger partial charge < -0.3 is 10.8 Å². The fraction of sp³-hybridized carbons (Fsp3) is 0.154. The van der Waals surface area contributed by atoms with E-state index in [1.54, 1.807) is 42.6 Å². The molecule has 0 unspecified atom stereocenters. The number of aliphatic hydroxyl groups is 1. The molecule has 1 heterocycles. The Hall–Kier alpha value is -3.91. The molecule has 1 amide bonds. The summed E-state index contributed by atoms with van der Waals surface area (Å²) in [5, 5.41) is 10.5. The van der Waals surface area contributed by atoms with E-state index < -0.39 is 23.2 Å². The van der Waals surface area contributed by atoms with Crippen molar-refractivity contribution in [3.05, 3.63) is 95.8 Å². The lowest BCUT2D eigenvalue weighted by Gasteiger charge is -2.14. The van der Waals surface area contributed by atoms with Crippen LogP contribution in [0.2, 0.25) is 0 Å². The van der Waals surface area contributed by atoms with E-state index in [2.05, 4.69) is 4.98 Å². The maximum Gasteiger partial charge on any atom is 0.417 e. The van der Waals surface area contributed by atoms with E-state index in [-0.39, 0.29) is 17.1 Å². The van der Waals surface area contributed by atoms with Gasteiger partial charge in [0.15, 0.2) is 0 Å². The van der Waals surface area contributed by atoms with Crippen LogP contribution in [-0.4, -0.2) is 20.6 Å². The molecule has 0 aliphatic heterocycles. The maximum absolute atomic E-state index is 13.7. The molecule has 8 heteroatoms. The zero-order chi connectivity index (χ0) is 24.7. The van der Waals surface area contributed by atoms with Crippen molar-refractivity contribution in [2.75, 3.05) is 0 Å². The number of carbonyl (C=O) groups is 1. The maximum atomic E-state index is 13.7. The second-order valence-electron chi connectivity index (χ2n) is 8.41. The van der Waals surface area contributed by atoms with Crippen molar-refractivity contribution in [3.63, 3.8) is 0 Å². The monoisotopic (exact) mass is 465 g/mol.